The highest BCUT2D eigenvalue weighted by atomic mass is 14.6. The molecule has 2 rings (SSSR count). The van der Waals surface area contributed by atoms with E-state index in [2.05, 4.69) is 13.0 Å². The summed E-state index contributed by atoms with van der Waals surface area (Å²) in [7, 11) is 0. The Bertz CT molecular complexity index is 530. The van der Waals surface area contributed by atoms with Crippen molar-refractivity contribution in [2.24, 2.45) is 0 Å². The van der Waals surface area contributed by atoms with Gasteiger partial charge in [-0.3, -0.25) is 0 Å². The summed E-state index contributed by atoms with van der Waals surface area (Å²) in [6, 6.07) is 12.0. The van der Waals surface area contributed by atoms with Crippen molar-refractivity contribution in [2.45, 2.75) is 13.8 Å². The lowest BCUT2D eigenvalue weighted by Gasteiger charge is -2.12. The summed E-state index contributed by atoms with van der Waals surface area (Å²) in [5.41, 5.74) is 18.0. The van der Waals surface area contributed by atoms with Crippen LogP contribution in [0.5, 0.6) is 0 Å². The van der Waals surface area contributed by atoms with Crippen LogP contribution in [-0.4, -0.2) is 0 Å². The first-order chi connectivity index (χ1) is 7.59. The normalized spacial score (nSPS) is 10.4. The zero-order chi connectivity index (χ0) is 11.7. The van der Waals surface area contributed by atoms with Crippen LogP contribution in [0, 0.1) is 13.8 Å². The lowest BCUT2D eigenvalue weighted by Crippen LogP contribution is -1.96. The topological polar surface area (TPSA) is 52.0 Å². The first-order valence-electron chi connectivity index (χ1n) is 5.31. The van der Waals surface area contributed by atoms with E-state index in [1.807, 2.05) is 37.3 Å². The molecule has 0 spiro atoms. The third kappa shape index (κ3) is 1.74. The van der Waals surface area contributed by atoms with E-state index in [1.165, 1.54) is 5.56 Å². The zero-order valence-electron chi connectivity index (χ0n) is 9.62. The number of rotatable bonds is 1. The van der Waals surface area contributed by atoms with Crippen molar-refractivity contribution >= 4 is 11.4 Å². The molecule has 4 N–H and O–H groups in total. The van der Waals surface area contributed by atoms with Crippen molar-refractivity contribution in [2.75, 3.05) is 11.5 Å². The van der Waals surface area contributed by atoms with E-state index in [4.69, 9.17) is 11.5 Å². The summed E-state index contributed by atoms with van der Waals surface area (Å²) < 4.78 is 0. The monoisotopic (exact) mass is 212 g/mol. The fourth-order valence-electron chi connectivity index (χ4n) is 1.91. The number of aryl methyl sites for hydroxylation is 2. The number of nitrogen functional groups attached to an aromatic ring is 2. The standard InChI is InChI=1S/C14H16N2/c1-9-6-7-10(2)14(16)13(9)11-4-3-5-12(15)8-11/h3-8H,15-16H2,1-2H3. The molecule has 2 heteroatoms. The maximum absolute atomic E-state index is 6.12. The Morgan fingerprint density at radius 1 is 0.875 bits per heavy atom. The predicted octanol–water partition coefficient (Wildman–Crippen LogP) is 3.13. The quantitative estimate of drug-likeness (QED) is 0.713. The Labute approximate surface area is 95.9 Å². The molecule has 2 aromatic carbocycles. The van der Waals surface area contributed by atoms with Gasteiger partial charge in [-0.1, -0.05) is 24.3 Å². The summed E-state index contributed by atoms with van der Waals surface area (Å²) >= 11 is 0. The lowest BCUT2D eigenvalue weighted by atomic mass is 9.96. The van der Waals surface area contributed by atoms with Crippen LogP contribution in [0.2, 0.25) is 0 Å². The van der Waals surface area contributed by atoms with Gasteiger partial charge in [-0.25, -0.2) is 0 Å². The van der Waals surface area contributed by atoms with Crippen LogP contribution in [0.15, 0.2) is 36.4 Å². The average molecular weight is 212 g/mol. The summed E-state index contributed by atoms with van der Waals surface area (Å²) in [4.78, 5) is 0. The smallest absolute Gasteiger partial charge is 0.0426 e. The van der Waals surface area contributed by atoms with Crippen LogP contribution in [-0.2, 0) is 0 Å². The van der Waals surface area contributed by atoms with Crippen LogP contribution in [0.4, 0.5) is 11.4 Å². The molecule has 0 aromatic heterocycles. The van der Waals surface area contributed by atoms with Crippen LogP contribution in [0.25, 0.3) is 11.1 Å². The number of hydrogen-bond donors (Lipinski definition) is 2. The third-order valence-electron chi connectivity index (χ3n) is 2.85. The molecule has 0 radical (unpaired) electrons. The second-order valence-corrected chi connectivity index (χ2v) is 4.11. The molecular weight excluding hydrogens is 196 g/mol. The molecule has 0 aliphatic carbocycles. The Balaban J connectivity index is 2.68. The van der Waals surface area contributed by atoms with Gasteiger partial charge in [0.2, 0.25) is 0 Å². The third-order valence-corrected chi connectivity index (χ3v) is 2.85. The van der Waals surface area contributed by atoms with Crippen molar-refractivity contribution in [3.63, 3.8) is 0 Å². The van der Waals surface area contributed by atoms with Gasteiger partial charge in [-0.05, 0) is 42.7 Å². The van der Waals surface area contributed by atoms with Gasteiger partial charge < -0.3 is 11.5 Å². The van der Waals surface area contributed by atoms with E-state index < -0.39 is 0 Å². The molecule has 0 aliphatic heterocycles. The number of benzene rings is 2. The van der Waals surface area contributed by atoms with E-state index in [-0.39, 0.29) is 0 Å². The highest BCUT2D eigenvalue weighted by Crippen LogP contribution is 2.32. The van der Waals surface area contributed by atoms with E-state index in [1.54, 1.807) is 0 Å². The van der Waals surface area contributed by atoms with Gasteiger partial charge in [0.05, 0.1) is 0 Å². The minimum atomic E-state index is 0.762. The first kappa shape index (κ1) is 10.6. The molecule has 82 valence electrons. The molecule has 16 heavy (non-hydrogen) atoms. The molecule has 0 atom stereocenters. The van der Waals surface area contributed by atoms with Gasteiger partial charge in [-0.15, -0.1) is 0 Å². The second kappa shape index (κ2) is 3.89. The lowest BCUT2D eigenvalue weighted by molar-refractivity contribution is 1.39. The molecule has 0 amide bonds. The SMILES string of the molecule is Cc1ccc(C)c(-c2cccc(N)c2)c1N. The molecule has 2 nitrogen and oxygen atoms in total. The molecule has 0 saturated heterocycles. The highest BCUT2D eigenvalue weighted by molar-refractivity contribution is 5.82. The molecule has 2 aromatic rings. The molecular formula is C14H16N2. The Morgan fingerprint density at radius 2 is 1.56 bits per heavy atom. The minimum Gasteiger partial charge on any atom is -0.399 e. The van der Waals surface area contributed by atoms with Crippen molar-refractivity contribution in [3.05, 3.63) is 47.5 Å². The van der Waals surface area contributed by atoms with Crippen LogP contribution in [0.1, 0.15) is 11.1 Å². The highest BCUT2D eigenvalue weighted by Gasteiger charge is 2.08. The van der Waals surface area contributed by atoms with E-state index in [0.717, 1.165) is 28.1 Å². The van der Waals surface area contributed by atoms with Gasteiger partial charge in [-0.2, -0.15) is 0 Å². The molecule has 0 unspecified atom stereocenters. The van der Waals surface area contributed by atoms with Crippen molar-refractivity contribution in [3.8, 4) is 11.1 Å². The number of anilines is 2. The summed E-state index contributed by atoms with van der Waals surface area (Å²) in [5.74, 6) is 0. The summed E-state index contributed by atoms with van der Waals surface area (Å²) in [5, 5.41) is 0. The first-order valence-corrected chi connectivity index (χ1v) is 5.31. The van der Waals surface area contributed by atoms with Crippen molar-refractivity contribution in [1.29, 1.82) is 0 Å². The van der Waals surface area contributed by atoms with Crippen molar-refractivity contribution < 1.29 is 0 Å². The van der Waals surface area contributed by atoms with Gasteiger partial charge in [0.1, 0.15) is 0 Å². The van der Waals surface area contributed by atoms with Crippen LogP contribution >= 0.6 is 0 Å². The average Bonchev–Trinajstić information content (AvgIpc) is 2.24. The Kier molecular flexibility index (Phi) is 2.57. The van der Waals surface area contributed by atoms with Gasteiger partial charge >= 0.3 is 0 Å². The Hall–Kier alpha value is -1.96. The predicted molar refractivity (Wildman–Crippen MR) is 70.2 cm³/mol. The minimum absolute atomic E-state index is 0.762. The summed E-state index contributed by atoms with van der Waals surface area (Å²) in [6.07, 6.45) is 0. The number of nitrogens with two attached hydrogens (primary N) is 2. The molecule has 0 bridgehead atoms. The number of hydrogen-bond acceptors (Lipinski definition) is 2. The van der Waals surface area contributed by atoms with E-state index >= 15 is 0 Å². The molecule has 0 heterocycles. The van der Waals surface area contributed by atoms with Crippen molar-refractivity contribution in [1.82, 2.24) is 0 Å². The molecule has 0 aliphatic rings. The van der Waals surface area contributed by atoms with Gasteiger partial charge in [0.25, 0.3) is 0 Å². The van der Waals surface area contributed by atoms with Crippen LogP contribution < -0.4 is 11.5 Å². The summed E-state index contributed by atoms with van der Waals surface area (Å²) in [6.45, 7) is 4.08. The van der Waals surface area contributed by atoms with E-state index in [0.29, 0.717) is 0 Å². The van der Waals surface area contributed by atoms with E-state index in [9.17, 15) is 0 Å². The maximum atomic E-state index is 6.12. The van der Waals surface area contributed by atoms with Gasteiger partial charge in [0.15, 0.2) is 0 Å². The van der Waals surface area contributed by atoms with Crippen LogP contribution in [0.3, 0.4) is 0 Å². The zero-order valence-corrected chi connectivity index (χ0v) is 9.62. The Morgan fingerprint density at radius 3 is 2.25 bits per heavy atom. The fraction of sp³-hybridized carbons (Fsp3) is 0.143. The molecule has 0 saturated carbocycles. The molecule has 0 fully saturated rings. The second-order valence-electron chi connectivity index (χ2n) is 4.11. The fourth-order valence-corrected chi connectivity index (χ4v) is 1.91. The maximum Gasteiger partial charge on any atom is 0.0426 e. The largest absolute Gasteiger partial charge is 0.399 e. The van der Waals surface area contributed by atoms with Gasteiger partial charge in [0, 0.05) is 16.9 Å².